The van der Waals surface area contributed by atoms with Crippen LogP contribution in [0.1, 0.15) is 27.2 Å². The van der Waals surface area contributed by atoms with E-state index in [1.807, 2.05) is 6.92 Å². The standard InChI is InChI=1S/C9H18O4S2/c1-5-9(2,3)8(10)13-6-7-14-15(4,11)12/h5-7H2,1-4H3. The Kier molecular flexibility index (Phi) is 5.66. The molecule has 0 aliphatic carbocycles. The minimum atomic E-state index is -3.04. The summed E-state index contributed by atoms with van der Waals surface area (Å²) in [6.07, 6.45) is 1.83. The average Bonchev–Trinajstić information content (AvgIpc) is 2.10. The molecule has 0 aromatic carbocycles. The SMILES string of the molecule is CCC(C)(C)C(=O)OCCSS(C)(=O)=O. The zero-order chi connectivity index (χ0) is 12.1. The second-order valence-corrected chi connectivity index (χ2v) is 8.48. The van der Waals surface area contributed by atoms with Crippen LogP contribution in [-0.2, 0) is 18.4 Å². The van der Waals surface area contributed by atoms with Gasteiger partial charge in [0, 0.05) is 12.0 Å². The summed E-state index contributed by atoms with van der Waals surface area (Å²) in [5.74, 6) is 0.00350. The Labute approximate surface area is 95.1 Å². The van der Waals surface area contributed by atoms with Crippen LogP contribution in [0.2, 0.25) is 0 Å². The van der Waals surface area contributed by atoms with Crippen molar-refractivity contribution in [1.82, 2.24) is 0 Å². The lowest BCUT2D eigenvalue weighted by molar-refractivity contribution is -0.153. The molecule has 0 aliphatic rings. The van der Waals surface area contributed by atoms with Crippen LogP contribution in [0.5, 0.6) is 0 Å². The Morgan fingerprint density at radius 3 is 2.33 bits per heavy atom. The first-order valence-electron chi connectivity index (χ1n) is 4.70. The van der Waals surface area contributed by atoms with Crippen molar-refractivity contribution in [1.29, 1.82) is 0 Å². The highest BCUT2D eigenvalue weighted by molar-refractivity contribution is 8.71. The first-order chi connectivity index (χ1) is 6.69. The van der Waals surface area contributed by atoms with E-state index in [9.17, 15) is 13.2 Å². The summed E-state index contributed by atoms with van der Waals surface area (Å²) >= 11 is 0. The van der Waals surface area contributed by atoms with Crippen LogP contribution in [0.25, 0.3) is 0 Å². The lowest BCUT2D eigenvalue weighted by Crippen LogP contribution is -2.26. The Morgan fingerprint density at radius 1 is 1.40 bits per heavy atom. The summed E-state index contributed by atoms with van der Waals surface area (Å²) in [6.45, 7) is 5.66. The van der Waals surface area contributed by atoms with Gasteiger partial charge in [0.1, 0.15) is 6.61 Å². The van der Waals surface area contributed by atoms with Crippen molar-refractivity contribution in [3.05, 3.63) is 0 Å². The van der Waals surface area contributed by atoms with Gasteiger partial charge < -0.3 is 4.74 Å². The van der Waals surface area contributed by atoms with Crippen molar-refractivity contribution in [2.75, 3.05) is 18.6 Å². The molecule has 0 atom stereocenters. The second kappa shape index (κ2) is 5.75. The van der Waals surface area contributed by atoms with Crippen LogP contribution in [0, 0.1) is 5.41 Å². The third-order valence-corrected chi connectivity index (χ3v) is 4.60. The number of hydrogen-bond donors (Lipinski definition) is 0. The molecule has 0 aromatic rings. The first-order valence-corrected chi connectivity index (χ1v) is 8.10. The Balaban J connectivity index is 3.84. The predicted octanol–water partition coefficient (Wildman–Crippen LogP) is 1.66. The number of carbonyl (C=O) groups excluding carboxylic acids is 1. The van der Waals surface area contributed by atoms with Crippen molar-refractivity contribution in [2.24, 2.45) is 5.41 Å². The molecular formula is C9H18O4S2. The molecule has 0 aliphatic heterocycles. The molecule has 0 heterocycles. The fraction of sp³-hybridized carbons (Fsp3) is 0.889. The molecule has 0 unspecified atom stereocenters. The molecule has 0 bridgehead atoms. The Bertz CT molecular complexity index is 306. The van der Waals surface area contributed by atoms with E-state index in [0.717, 1.165) is 17.0 Å². The third kappa shape index (κ3) is 6.78. The summed E-state index contributed by atoms with van der Waals surface area (Å²) in [4.78, 5) is 11.4. The molecule has 0 spiro atoms. The highest BCUT2D eigenvalue weighted by atomic mass is 33.1. The van der Waals surface area contributed by atoms with Gasteiger partial charge in [-0.3, -0.25) is 4.79 Å². The monoisotopic (exact) mass is 254 g/mol. The molecule has 90 valence electrons. The van der Waals surface area contributed by atoms with E-state index >= 15 is 0 Å². The minimum absolute atomic E-state index is 0.139. The van der Waals surface area contributed by atoms with Crippen molar-refractivity contribution >= 4 is 25.6 Å². The molecule has 0 fully saturated rings. The summed E-state index contributed by atoms with van der Waals surface area (Å²) in [6, 6.07) is 0. The molecule has 0 aromatic heterocycles. The van der Waals surface area contributed by atoms with Gasteiger partial charge in [0.15, 0.2) is 8.87 Å². The normalized spacial score (nSPS) is 12.5. The van der Waals surface area contributed by atoms with Crippen LogP contribution >= 0.6 is 10.8 Å². The van der Waals surface area contributed by atoms with E-state index in [-0.39, 0.29) is 18.3 Å². The lowest BCUT2D eigenvalue weighted by atomic mass is 9.91. The maximum atomic E-state index is 11.4. The average molecular weight is 254 g/mol. The van der Waals surface area contributed by atoms with Crippen LogP contribution in [0.4, 0.5) is 0 Å². The van der Waals surface area contributed by atoms with Crippen molar-refractivity contribution in [3.63, 3.8) is 0 Å². The van der Waals surface area contributed by atoms with Gasteiger partial charge in [0.2, 0.25) is 0 Å². The van der Waals surface area contributed by atoms with E-state index in [1.165, 1.54) is 0 Å². The van der Waals surface area contributed by atoms with Gasteiger partial charge in [-0.25, -0.2) is 8.42 Å². The summed E-state index contributed by atoms with van der Waals surface area (Å²) < 4.78 is 26.5. The summed E-state index contributed by atoms with van der Waals surface area (Å²) in [7, 11) is -2.25. The van der Waals surface area contributed by atoms with Gasteiger partial charge in [0.25, 0.3) is 0 Å². The molecule has 0 saturated heterocycles. The number of esters is 1. The molecule has 4 nitrogen and oxygen atoms in total. The minimum Gasteiger partial charge on any atom is -0.464 e. The van der Waals surface area contributed by atoms with E-state index in [4.69, 9.17) is 4.74 Å². The molecular weight excluding hydrogens is 236 g/mol. The second-order valence-electron chi connectivity index (χ2n) is 3.90. The first kappa shape index (κ1) is 14.8. The maximum Gasteiger partial charge on any atom is 0.311 e. The van der Waals surface area contributed by atoms with Gasteiger partial charge in [-0.05, 0) is 31.1 Å². The molecule has 0 radical (unpaired) electrons. The summed E-state index contributed by atoms with van der Waals surface area (Å²) in [5, 5.41) is 0. The van der Waals surface area contributed by atoms with Gasteiger partial charge >= 0.3 is 5.97 Å². The predicted molar refractivity (Wildman–Crippen MR) is 62.3 cm³/mol. The van der Waals surface area contributed by atoms with Crippen molar-refractivity contribution < 1.29 is 17.9 Å². The van der Waals surface area contributed by atoms with Gasteiger partial charge in [0.05, 0.1) is 5.41 Å². The third-order valence-electron chi connectivity index (χ3n) is 2.05. The molecule has 6 heteroatoms. The fourth-order valence-electron chi connectivity index (χ4n) is 0.659. The molecule has 0 N–H and O–H groups in total. The quantitative estimate of drug-likeness (QED) is 0.410. The van der Waals surface area contributed by atoms with Gasteiger partial charge in [-0.15, -0.1) is 0 Å². The number of ether oxygens (including phenoxy) is 1. The topological polar surface area (TPSA) is 60.4 Å². The Morgan fingerprint density at radius 2 is 1.93 bits per heavy atom. The number of carbonyl (C=O) groups is 1. The van der Waals surface area contributed by atoms with E-state index < -0.39 is 14.3 Å². The van der Waals surface area contributed by atoms with Gasteiger partial charge in [-0.2, -0.15) is 0 Å². The highest BCUT2D eigenvalue weighted by Crippen LogP contribution is 2.21. The summed E-state index contributed by atoms with van der Waals surface area (Å²) in [5.41, 5.74) is -0.490. The molecule has 0 rings (SSSR count). The van der Waals surface area contributed by atoms with E-state index in [0.29, 0.717) is 6.42 Å². The zero-order valence-electron chi connectivity index (χ0n) is 9.57. The number of rotatable bonds is 6. The zero-order valence-corrected chi connectivity index (χ0v) is 11.2. The molecule has 0 amide bonds. The fourth-order valence-corrected chi connectivity index (χ4v) is 2.23. The molecule has 15 heavy (non-hydrogen) atoms. The smallest absolute Gasteiger partial charge is 0.311 e. The van der Waals surface area contributed by atoms with Crippen molar-refractivity contribution in [2.45, 2.75) is 27.2 Å². The number of hydrogen-bond acceptors (Lipinski definition) is 5. The maximum absolute atomic E-state index is 11.4. The highest BCUT2D eigenvalue weighted by Gasteiger charge is 2.26. The van der Waals surface area contributed by atoms with E-state index in [1.54, 1.807) is 13.8 Å². The lowest BCUT2D eigenvalue weighted by Gasteiger charge is -2.19. The van der Waals surface area contributed by atoms with Crippen LogP contribution < -0.4 is 0 Å². The van der Waals surface area contributed by atoms with Gasteiger partial charge in [-0.1, -0.05) is 6.92 Å². The van der Waals surface area contributed by atoms with Crippen LogP contribution in [0.15, 0.2) is 0 Å². The van der Waals surface area contributed by atoms with Crippen LogP contribution in [0.3, 0.4) is 0 Å². The Hall–Kier alpha value is -0.230. The van der Waals surface area contributed by atoms with E-state index in [2.05, 4.69) is 0 Å². The largest absolute Gasteiger partial charge is 0.464 e. The molecule has 0 saturated carbocycles. The van der Waals surface area contributed by atoms with Crippen molar-refractivity contribution in [3.8, 4) is 0 Å². The van der Waals surface area contributed by atoms with Crippen LogP contribution in [-0.4, -0.2) is 33.0 Å².